The molecule has 3 aromatic carbocycles. The summed E-state index contributed by atoms with van der Waals surface area (Å²) in [6, 6.07) is 25.4. The number of nitrogens with zero attached hydrogens (tertiary/aromatic N) is 1. The Morgan fingerprint density at radius 1 is 0.875 bits per heavy atom. The van der Waals surface area contributed by atoms with Crippen LogP contribution in [0.5, 0.6) is 0 Å². The van der Waals surface area contributed by atoms with E-state index < -0.39 is 15.9 Å². The van der Waals surface area contributed by atoms with Crippen molar-refractivity contribution in [3.63, 3.8) is 0 Å². The molecule has 162 valence electrons. The number of carbonyl (C=O) groups is 1. The molecule has 4 rings (SSSR count). The van der Waals surface area contributed by atoms with Crippen LogP contribution in [0, 0.1) is 6.92 Å². The molecule has 0 saturated heterocycles. The number of anilines is 2. The lowest BCUT2D eigenvalue weighted by Crippen LogP contribution is -2.28. The molecule has 0 aliphatic rings. The van der Waals surface area contributed by atoms with Crippen LogP contribution in [0.3, 0.4) is 0 Å². The van der Waals surface area contributed by atoms with Gasteiger partial charge in [0.15, 0.2) is 0 Å². The minimum atomic E-state index is -4.03. The van der Waals surface area contributed by atoms with E-state index in [0.717, 1.165) is 22.5 Å². The molecule has 4 aromatic rings. The standard InChI is InChI=1S/C25H22N2O3S2/c1-18-13-15-21(16-14-18)27(2)32(29,30)24-22(19-9-5-3-6-10-19)17-31-23(24)25(28)26-20-11-7-4-8-12-20/h3-17H,1-2H3,(H,26,28). The molecule has 32 heavy (non-hydrogen) atoms. The third-order valence-electron chi connectivity index (χ3n) is 5.08. The summed E-state index contributed by atoms with van der Waals surface area (Å²) in [4.78, 5) is 13.3. The number of hydrogen-bond acceptors (Lipinski definition) is 4. The molecule has 1 N–H and O–H groups in total. The van der Waals surface area contributed by atoms with E-state index in [-0.39, 0.29) is 9.77 Å². The number of aryl methyl sites for hydroxylation is 1. The van der Waals surface area contributed by atoms with E-state index in [1.165, 1.54) is 11.4 Å². The van der Waals surface area contributed by atoms with Gasteiger partial charge in [0.25, 0.3) is 15.9 Å². The van der Waals surface area contributed by atoms with E-state index in [4.69, 9.17) is 0 Å². The molecule has 0 bridgehead atoms. The van der Waals surface area contributed by atoms with Crippen molar-refractivity contribution in [1.82, 2.24) is 0 Å². The van der Waals surface area contributed by atoms with E-state index in [1.54, 1.807) is 29.6 Å². The number of para-hydroxylation sites is 1. The van der Waals surface area contributed by atoms with Crippen LogP contribution in [0.2, 0.25) is 0 Å². The zero-order valence-electron chi connectivity index (χ0n) is 17.6. The average molecular weight is 463 g/mol. The Balaban J connectivity index is 1.83. The van der Waals surface area contributed by atoms with Gasteiger partial charge in [-0.3, -0.25) is 9.10 Å². The minimum Gasteiger partial charge on any atom is -0.321 e. The smallest absolute Gasteiger partial charge is 0.267 e. The highest BCUT2D eigenvalue weighted by Gasteiger charge is 2.32. The van der Waals surface area contributed by atoms with Gasteiger partial charge in [-0.1, -0.05) is 66.2 Å². The zero-order valence-corrected chi connectivity index (χ0v) is 19.3. The van der Waals surface area contributed by atoms with E-state index in [1.807, 2.05) is 67.6 Å². The second kappa shape index (κ2) is 8.98. The fraction of sp³-hybridized carbons (Fsp3) is 0.0800. The maximum absolute atomic E-state index is 13.8. The van der Waals surface area contributed by atoms with Crippen molar-refractivity contribution in [3.05, 3.63) is 101 Å². The van der Waals surface area contributed by atoms with Crippen LogP contribution in [0.1, 0.15) is 15.2 Å². The predicted octanol–water partition coefficient (Wildman–Crippen LogP) is 5.80. The van der Waals surface area contributed by atoms with E-state index in [0.29, 0.717) is 16.9 Å². The summed E-state index contributed by atoms with van der Waals surface area (Å²) in [6.07, 6.45) is 0. The first-order chi connectivity index (χ1) is 15.4. The summed E-state index contributed by atoms with van der Waals surface area (Å²) in [5.74, 6) is -0.459. The van der Waals surface area contributed by atoms with Crippen molar-refractivity contribution in [1.29, 1.82) is 0 Å². The first kappa shape index (κ1) is 21.8. The fourth-order valence-electron chi connectivity index (χ4n) is 3.32. The van der Waals surface area contributed by atoms with Gasteiger partial charge >= 0.3 is 0 Å². The Labute approximate surface area is 192 Å². The maximum Gasteiger partial charge on any atom is 0.267 e. The highest BCUT2D eigenvalue weighted by Crippen LogP contribution is 2.38. The normalized spacial score (nSPS) is 11.2. The summed E-state index contributed by atoms with van der Waals surface area (Å²) in [6.45, 7) is 1.94. The van der Waals surface area contributed by atoms with Gasteiger partial charge in [0, 0.05) is 23.7 Å². The molecular weight excluding hydrogens is 440 g/mol. The number of rotatable bonds is 6. The zero-order chi connectivity index (χ0) is 22.7. The van der Waals surface area contributed by atoms with Crippen LogP contribution < -0.4 is 9.62 Å². The molecule has 0 fully saturated rings. The highest BCUT2D eigenvalue weighted by molar-refractivity contribution is 7.93. The lowest BCUT2D eigenvalue weighted by molar-refractivity contribution is 0.102. The molecule has 0 unspecified atom stereocenters. The van der Waals surface area contributed by atoms with Gasteiger partial charge < -0.3 is 5.32 Å². The Hall–Kier alpha value is -3.42. The summed E-state index contributed by atoms with van der Waals surface area (Å²) in [7, 11) is -2.52. The predicted molar refractivity (Wildman–Crippen MR) is 131 cm³/mol. The molecule has 0 aliphatic heterocycles. The Bertz CT molecular complexity index is 1330. The van der Waals surface area contributed by atoms with Crippen LogP contribution >= 0.6 is 11.3 Å². The van der Waals surface area contributed by atoms with Crippen molar-refractivity contribution in [3.8, 4) is 11.1 Å². The van der Waals surface area contributed by atoms with Crippen molar-refractivity contribution in [2.75, 3.05) is 16.7 Å². The van der Waals surface area contributed by atoms with Gasteiger partial charge in [0.05, 0.1) is 5.69 Å². The molecule has 1 aromatic heterocycles. The van der Waals surface area contributed by atoms with Crippen LogP contribution in [0.4, 0.5) is 11.4 Å². The number of thiophene rings is 1. The second-order valence-electron chi connectivity index (χ2n) is 7.30. The van der Waals surface area contributed by atoms with Gasteiger partial charge in [-0.15, -0.1) is 11.3 Å². The maximum atomic E-state index is 13.8. The number of carbonyl (C=O) groups excluding carboxylic acids is 1. The summed E-state index contributed by atoms with van der Waals surface area (Å²) < 4.78 is 28.8. The Morgan fingerprint density at radius 3 is 2.09 bits per heavy atom. The SMILES string of the molecule is Cc1ccc(N(C)S(=O)(=O)c2c(-c3ccccc3)csc2C(=O)Nc2ccccc2)cc1. The largest absolute Gasteiger partial charge is 0.321 e. The number of benzene rings is 3. The summed E-state index contributed by atoms with van der Waals surface area (Å²) in [5.41, 5.74) is 3.40. The first-order valence-electron chi connectivity index (χ1n) is 9.97. The van der Waals surface area contributed by atoms with Gasteiger partial charge in [-0.2, -0.15) is 0 Å². The third kappa shape index (κ3) is 4.30. The first-order valence-corrected chi connectivity index (χ1v) is 12.3. The third-order valence-corrected chi connectivity index (χ3v) is 8.06. The number of sulfonamides is 1. The Morgan fingerprint density at radius 2 is 1.47 bits per heavy atom. The molecule has 0 atom stereocenters. The molecule has 1 heterocycles. The van der Waals surface area contributed by atoms with E-state index in [2.05, 4.69) is 5.32 Å². The van der Waals surface area contributed by atoms with Gasteiger partial charge in [0.1, 0.15) is 9.77 Å². The summed E-state index contributed by atoms with van der Waals surface area (Å²) in [5, 5.41) is 4.54. The molecule has 5 nitrogen and oxygen atoms in total. The fourth-order valence-corrected chi connectivity index (χ4v) is 6.17. The molecule has 0 spiro atoms. The van der Waals surface area contributed by atoms with Crippen molar-refractivity contribution < 1.29 is 13.2 Å². The van der Waals surface area contributed by atoms with Gasteiger partial charge in [0.2, 0.25) is 0 Å². The number of hydrogen-bond donors (Lipinski definition) is 1. The molecular formula is C25H22N2O3S2. The minimum absolute atomic E-state index is 0.00482. The molecule has 7 heteroatoms. The van der Waals surface area contributed by atoms with E-state index in [9.17, 15) is 13.2 Å². The molecule has 0 aliphatic carbocycles. The number of amides is 1. The summed E-state index contributed by atoms with van der Waals surface area (Å²) >= 11 is 1.12. The topological polar surface area (TPSA) is 66.5 Å². The lowest BCUT2D eigenvalue weighted by atomic mass is 10.1. The van der Waals surface area contributed by atoms with Crippen molar-refractivity contribution in [2.24, 2.45) is 0 Å². The van der Waals surface area contributed by atoms with Crippen LogP contribution in [-0.4, -0.2) is 21.4 Å². The highest BCUT2D eigenvalue weighted by atomic mass is 32.2. The molecule has 1 amide bonds. The molecule has 0 saturated carbocycles. The van der Waals surface area contributed by atoms with Crippen LogP contribution in [0.25, 0.3) is 11.1 Å². The Kier molecular flexibility index (Phi) is 6.12. The van der Waals surface area contributed by atoms with Crippen LogP contribution in [0.15, 0.2) is 95.2 Å². The second-order valence-corrected chi connectivity index (χ2v) is 10.1. The van der Waals surface area contributed by atoms with E-state index >= 15 is 0 Å². The van der Waals surface area contributed by atoms with Crippen LogP contribution in [-0.2, 0) is 10.0 Å². The molecule has 0 radical (unpaired) electrons. The lowest BCUT2D eigenvalue weighted by Gasteiger charge is -2.21. The van der Waals surface area contributed by atoms with Gasteiger partial charge in [-0.05, 0) is 36.8 Å². The van der Waals surface area contributed by atoms with Crippen molar-refractivity contribution >= 4 is 38.6 Å². The average Bonchev–Trinajstić information content (AvgIpc) is 3.27. The van der Waals surface area contributed by atoms with Gasteiger partial charge in [-0.25, -0.2) is 8.42 Å². The quantitative estimate of drug-likeness (QED) is 0.394. The monoisotopic (exact) mass is 462 g/mol. The number of nitrogens with one attached hydrogen (secondary N) is 1. The van der Waals surface area contributed by atoms with Crippen molar-refractivity contribution in [2.45, 2.75) is 11.8 Å².